The number of methoxy groups -OCH3 is 1. The number of nitrogens with zero attached hydrogens (tertiary/aromatic N) is 1. The van der Waals surface area contributed by atoms with Crippen LogP contribution >= 0.6 is 0 Å². The topological polar surface area (TPSA) is 50.8 Å². The molecule has 1 rings (SSSR count). The molecule has 0 bridgehead atoms. The first-order valence-electron chi connectivity index (χ1n) is 6.18. The van der Waals surface area contributed by atoms with Crippen LogP contribution < -0.4 is 5.32 Å². The normalized spacial score (nSPS) is 27.8. The van der Waals surface area contributed by atoms with Gasteiger partial charge in [0.2, 0.25) is 5.91 Å². The van der Waals surface area contributed by atoms with Crippen molar-refractivity contribution in [3.05, 3.63) is 0 Å². The standard InChI is InChI=1S/C12H24N2O3/c1-9(5-13-12(15)8-16-4)14-6-10(2)17-11(3)7-14/h9-11H,5-8H2,1-4H3,(H,13,15). The van der Waals surface area contributed by atoms with Gasteiger partial charge >= 0.3 is 0 Å². The van der Waals surface area contributed by atoms with Gasteiger partial charge < -0.3 is 14.8 Å². The van der Waals surface area contributed by atoms with Crippen LogP contribution in [0.3, 0.4) is 0 Å². The summed E-state index contributed by atoms with van der Waals surface area (Å²) in [5.41, 5.74) is 0. The van der Waals surface area contributed by atoms with Crippen molar-refractivity contribution in [1.82, 2.24) is 10.2 Å². The Hall–Kier alpha value is -0.650. The van der Waals surface area contributed by atoms with Crippen molar-refractivity contribution in [3.63, 3.8) is 0 Å². The van der Waals surface area contributed by atoms with Crippen LogP contribution in [-0.2, 0) is 14.3 Å². The Morgan fingerprint density at radius 1 is 1.47 bits per heavy atom. The van der Waals surface area contributed by atoms with Gasteiger partial charge in [-0.2, -0.15) is 0 Å². The van der Waals surface area contributed by atoms with Crippen molar-refractivity contribution in [2.45, 2.75) is 39.0 Å². The van der Waals surface area contributed by atoms with Crippen molar-refractivity contribution in [2.24, 2.45) is 0 Å². The summed E-state index contributed by atoms with van der Waals surface area (Å²) in [6, 6.07) is 0.324. The molecule has 1 saturated heterocycles. The largest absolute Gasteiger partial charge is 0.375 e. The van der Waals surface area contributed by atoms with E-state index in [2.05, 4.69) is 31.0 Å². The minimum absolute atomic E-state index is 0.0614. The molecule has 0 aromatic rings. The summed E-state index contributed by atoms with van der Waals surface area (Å²) in [6.45, 7) is 8.91. The van der Waals surface area contributed by atoms with Gasteiger partial charge in [0, 0.05) is 32.8 Å². The van der Waals surface area contributed by atoms with E-state index in [0.717, 1.165) is 13.1 Å². The van der Waals surface area contributed by atoms with E-state index in [1.165, 1.54) is 7.11 Å². The van der Waals surface area contributed by atoms with Crippen molar-refractivity contribution in [2.75, 3.05) is 33.4 Å². The lowest BCUT2D eigenvalue weighted by Gasteiger charge is -2.38. The van der Waals surface area contributed by atoms with Crippen molar-refractivity contribution < 1.29 is 14.3 Å². The highest BCUT2D eigenvalue weighted by molar-refractivity contribution is 5.77. The van der Waals surface area contributed by atoms with Crippen LogP contribution in [0, 0.1) is 0 Å². The Morgan fingerprint density at radius 2 is 2.06 bits per heavy atom. The maximum absolute atomic E-state index is 11.3. The highest BCUT2D eigenvalue weighted by atomic mass is 16.5. The molecule has 0 aromatic heterocycles. The summed E-state index contributed by atoms with van der Waals surface area (Å²) < 4.78 is 10.5. The van der Waals surface area contributed by atoms with Crippen LogP contribution in [0.1, 0.15) is 20.8 Å². The molecule has 100 valence electrons. The molecular formula is C12H24N2O3. The molecule has 1 heterocycles. The molecule has 1 aliphatic heterocycles. The number of morpholine rings is 1. The van der Waals surface area contributed by atoms with E-state index in [9.17, 15) is 4.79 Å². The molecule has 0 aliphatic carbocycles. The average molecular weight is 244 g/mol. The first-order valence-corrected chi connectivity index (χ1v) is 6.18. The van der Waals surface area contributed by atoms with E-state index in [0.29, 0.717) is 12.6 Å². The summed E-state index contributed by atoms with van der Waals surface area (Å²) in [6.07, 6.45) is 0.520. The molecule has 0 saturated carbocycles. The van der Waals surface area contributed by atoms with E-state index >= 15 is 0 Å². The predicted molar refractivity (Wildman–Crippen MR) is 65.9 cm³/mol. The second-order valence-corrected chi connectivity index (χ2v) is 4.80. The smallest absolute Gasteiger partial charge is 0.246 e. The maximum atomic E-state index is 11.3. The molecule has 0 aromatic carbocycles. The molecule has 1 amide bonds. The molecule has 3 unspecified atom stereocenters. The van der Waals surface area contributed by atoms with Crippen molar-refractivity contribution in [1.29, 1.82) is 0 Å². The first kappa shape index (κ1) is 14.4. The molecule has 5 heteroatoms. The third kappa shape index (κ3) is 5.02. The van der Waals surface area contributed by atoms with Crippen LogP contribution in [0.4, 0.5) is 0 Å². The molecule has 0 spiro atoms. The Morgan fingerprint density at radius 3 is 2.59 bits per heavy atom. The number of carbonyl (C=O) groups is 1. The summed E-state index contributed by atoms with van der Waals surface area (Å²) in [4.78, 5) is 13.6. The minimum Gasteiger partial charge on any atom is -0.375 e. The van der Waals surface area contributed by atoms with Gasteiger partial charge in [-0.3, -0.25) is 9.69 Å². The Labute approximate surface area is 103 Å². The molecule has 1 aliphatic rings. The van der Waals surface area contributed by atoms with Crippen molar-refractivity contribution >= 4 is 5.91 Å². The first-order chi connectivity index (χ1) is 8.02. The lowest BCUT2D eigenvalue weighted by Crippen LogP contribution is -2.52. The van der Waals surface area contributed by atoms with E-state index in [1.807, 2.05) is 0 Å². The molecule has 5 nitrogen and oxygen atoms in total. The third-order valence-electron chi connectivity index (χ3n) is 2.94. The van der Waals surface area contributed by atoms with Gasteiger partial charge in [-0.15, -0.1) is 0 Å². The van der Waals surface area contributed by atoms with E-state index < -0.39 is 0 Å². The monoisotopic (exact) mass is 244 g/mol. The fourth-order valence-corrected chi connectivity index (χ4v) is 2.15. The summed E-state index contributed by atoms with van der Waals surface area (Å²) in [5, 5.41) is 2.86. The Kier molecular flexibility index (Phi) is 5.88. The summed E-state index contributed by atoms with van der Waals surface area (Å²) in [7, 11) is 1.52. The fraction of sp³-hybridized carbons (Fsp3) is 0.917. The zero-order valence-electron chi connectivity index (χ0n) is 11.2. The SMILES string of the molecule is COCC(=O)NCC(C)N1CC(C)OC(C)C1. The number of hydrogen-bond acceptors (Lipinski definition) is 4. The number of carbonyl (C=O) groups excluding carboxylic acids is 1. The lowest BCUT2D eigenvalue weighted by molar-refractivity contribution is -0.125. The quantitative estimate of drug-likeness (QED) is 0.753. The number of rotatable bonds is 5. The summed E-state index contributed by atoms with van der Waals surface area (Å²) >= 11 is 0. The third-order valence-corrected chi connectivity index (χ3v) is 2.94. The van der Waals surface area contributed by atoms with Crippen LogP contribution in [0.15, 0.2) is 0 Å². The highest BCUT2D eigenvalue weighted by Gasteiger charge is 2.25. The zero-order chi connectivity index (χ0) is 12.8. The number of hydrogen-bond donors (Lipinski definition) is 1. The average Bonchev–Trinajstić information content (AvgIpc) is 2.25. The molecule has 3 atom stereocenters. The summed E-state index contributed by atoms with van der Waals surface area (Å²) in [5.74, 6) is -0.0614. The van der Waals surface area contributed by atoms with Gasteiger partial charge in [-0.25, -0.2) is 0 Å². The second kappa shape index (κ2) is 6.93. The highest BCUT2D eigenvalue weighted by Crippen LogP contribution is 2.12. The van der Waals surface area contributed by atoms with Crippen LogP contribution in [-0.4, -0.2) is 62.4 Å². The number of nitrogens with one attached hydrogen (secondary N) is 1. The predicted octanol–water partition coefficient (Wildman–Crippen LogP) is 0.247. The van der Waals surface area contributed by atoms with Crippen LogP contribution in [0.2, 0.25) is 0 Å². The molecule has 0 radical (unpaired) electrons. The van der Waals surface area contributed by atoms with Crippen LogP contribution in [0.5, 0.6) is 0 Å². The van der Waals surface area contributed by atoms with E-state index in [4.69, 9.17) is 9.47 Å². The van der Waals surface area contributed by atoms with Gasteiger partial charge in [0.15, 0.2) is 0 Å². The lowest BCUT2D eigenvalue weighted by atomic mass is 10.2. The minimum atomic E-state index is -0.0614. The van der Waals surface area contributed by atoms with E-state index in [-0.39, 0.29) is 24.7 Å². The van der Waals surface area contributed by atoms with Crippen molar-refractivity contribution in [3.8, 4) is 0 Å². The Balaban J connectivity index is 2.31. The maximum Gasteiger partial charge on any atom is 0.246 e. The van der Waals surface area contributed by atoms with Crippen LogP contribution in [0.25, 0.3) is 0 Å². The van der Waals surface area contributed by atoms with Gasteiger partial charge in [0.05, 0.1) is 12.2 Å². The molecule has 17 heavy (non-hydrogen) atoms. The molecular weight excluding hydrogens is 220 g/mol. The van der Waals surface area contributed by atoms with Gasteiger partial charge in [0.25, 0.3) is 0 Å². The number of amides is 1. The molecule has 1 N–H and O–H groups in total. The Bertz CT molecular complexity index is 238. The molecule has 1 fully saturated rings. The van der Waals surface area contributed by atoms with Gasteiger partial charge in [-0.05, 0) is 20.8 Å². The van der Waals surface area contributed by atoms with Gasteiger partial charge in [-0.1, -0.05) is 0 Å². The fourth-order valence-electron chi connectivity index (χ4n) is 2.15. The second-order valence-electron chi connectivity index (χ2n) is 4.80. The van der Waals surface area contributed by atoms with Gasteiger partial charge in [0.1, 0.15) is 6.61 Å². The zero-order valence-corrected chi connectivity index (χ0v) is 11.2. The van der Waals surface area contributed by atoms with E-state index in [1.54, 1.807) is 0 Å². The number of ether oxygens (including phenoxy) is 2.